The number of hydrogen-bond acceptors (Lipinski definition) is 3. The van der Waals surface area contributed by atoms with Crippen molar-refractivity contribution < 1.29 is 14.4 Å². The number of hydrogen-bond donors (Lipinski definition) is 0. The Morgan fingerprint density at radius 1 is 0.800 bits per heavy atom. The average molecular weight is 405 g/mol. The maximum atomic E-state index is 12.6. The van der Waals surface area contributed by atoms with E-state index in [1.54, 1.807) is 29.2 Å². The Balaban J connectivity index is 0.000000313. The van der Waals surface area contributed by atoms with Gasteiger partial charge in [-0.05, 0) is 29.7 Å². The molecule has 2 aliphatic heterocycles. The van der Waals surface area contributed by atoms with E-state index in [1.165, 1.54) is 43.4 Å². The van der Waals surface area contributed by atoms with Crippen LogP contribution >= 0.6 is 0 Å². The molecule has 0 saturated heterocycles. The third kappa shape index (κ3) is 4.02. The Bertz CT molecular complexity index is 889. The fourth-order valence-electron chi connectivity index (χ4n) is 4.64. The number of benzene rings is 2. The van der Waals surface area contributed by atoms with Crippen molar-refractivity contribution in [3.63, 3.8) is 0 Å². The van der Waals surface area contributed by atoms with Crippen molar-refractivity contribution in [3.05, 3.63) is 70.8 Å². The van der Waals surface area contributed by atoms with E-state index in [0.717, 1.165) is 24.0 Å². The van der Waals surface area contributed by atoms with Gasteiger partial charge in [0.1, 0.15) is 0 Å². The summed E-state index contributed by atoms with van der Waals surface area (Å²) < 4.78 is 0. The molecule has 0 unspecified atom stereocenters. The zero-order valence-corrected chi connectivity index (χ0v) is 17.3. The van der Waals surface area contributed by atoms with Crippen molar-refractivity contribution in [3.8, 4) is 0 Å². The fourth-order valence-corrected chi connectivity index (χ4v) is 4.64. The van der Waals surface area contributed by atoms with Gasteiger partial charge in [0.25, 0.3) is 11.8 Å². The Kier molecular flexibility index (Phi) is 6.26. The van der Waals surface area contributed by atoms with Crippen LogP contribution in [0.1, 0.15) is 76.4 Å². The molecule has 5 heteroatoms. The Morgan fingerprint density at radius 3 is 1.90 bits per heavy atom. The van der Waals surface area contributed by atoms with Gasteiger partial charge < -0.3 is 4.90 Å². The minimum Gasteiger partial charge on any atom is -0.336 e. The van der Waals surface area contributed by atoms with Crippen molar-refractivity contribution in [2.45, 2.75) is 51.0 Å². The molecule has 0 radical (unpaired) electrons. The third-order valence-electron chi connectivity index (χ3n) is 6.32. The molecule has 2 aromatic rings. The van der Waals surface area contributed by atoms with E-state index in [4.69, 9.17) is 0 Å². The summed E-state index contributed by atoms with van der Waals surface area (Å²) in [6.45, 7) is 0.774. The standard InChI is InChI=1S/C19H16N2O3.C6H12/c22-12-20-10-9-13-5-1-2-6-14(13)17(20)11-21-18(23)15-7-3-4-8-16(15)19(21)24;1-2-4-6-5-3-1/h1-8,12,17H,9-11H2;1-6H2/t17-;/m0./s1. The molecule has 5 rings (SSSR count). The van der Waals surface area contributed by atoms with E-state index in [1.807, 2.05) is 24.3 Å². The number of imide groups is 1. The van der Waals surface area contributed by atoms with Gasteiger partial charge >= 0.3 is 0 Å². The predicted octanol–water partition coefficient (Wildman–Crippen LogP) is 4.38. The fraction of sp³-hybridized carbons (Fsp3) is 0.400. The molecule has 30 heavy (non-hydrogen) atoms. The summed E-state index contributed by atoms with van der Waals surface area (Å²) in [6.07, 6.45) is 10.6. The van der Waals surface area contributed by atoms with Crippen molar-refractivity contribution in [1.82, 2.24) is 9.80 Å². The van der Waals surface area contributed by atoms with Crippen molar-refractivity contribution in [2.75, 3.05) is 13.1 Å². The minimum atomic E-state index is -0.297. The number of amides is 3. The van der Waals surface area contributed by atoms with E-state index < -0.39 is 0 Å². The van der Waals surface area contributed by atoms with E-state index in [2.05, 4.69) is 0 Å². The van der Waals surface area contributed by atoms with Gasteiger partial charge in [0.15, 0.2) is 0 Å². The molecule has 3 aliphatic rings. The molecule has 0 aromatic heterocycles. The first-order chi connectivity index (χ1) is 14.7. The van der Waals surface area contributed by atoms with E-state index in [-0.39, 0.29) is 24.4 Å². The van der Waals surface area contributed by atoms with Gasteiger partial charge in [0.05, 0.1) is 23.7 Å². The topological polar surface area (TPSA) is 57.7 Å². The summed E-state index contributed by atoms with van der Waals surface area (Å²) in [5, 5.41) is 0. The highest BCUT2D eigenvalue weighted by atomic mass is 16.2. The molecule has 5 nitrogen and oxygen atoms in total. The van der Waals surface area contributed by atoms with Crippen molar-refractivity contribution in [2.24, 2.45) is 0 Å². The zero-order valence-electron chi connectivity index (χ0n) is 17.3. The maximum Gasteiger partial charge on any atom is 0.261 e. The van der Waals surface area contributed by atoms with Gasteiger partial charge in [-0.25, -0.2) is 0 Å². The predicted molar refractivity (Wildman–Crippen MR) is 115 cm³/mol. The molecule has 3 amide bonds. The Hall–Kier alpha value is -2.95. The van der Waals surface area contributed by atoms with Crippen molar-refractivity contribution >= 4 is 18.2 Å². The number of rotatable bonds is 3. The molecule has 2 aromatic carbocycles. The maximum absolute atomic E-state index is 12.6. The summed E-state index contributed by atoms with van der Waals surface area (Å²) in [7, 11) is 0. The second-order valence-corrected chi connectivity index (χ2v) is 8.20. The van der Waals surface area contributed by atoms with Crippen LogP contribution in [0.2, 0.25) is 0 Å². The minimum absolute atomic E-state index is 0.183. The van der Waals surface area contributed by atoms with Crippen LogP contribution in [0.25, 0.3) is 0 Å². The van der Waals surface area contributed by atoms with Crippen molar-refractivity contribution in [1.29, 1.82) is 0 Å². The van der Waals surface area contributed by atoms with Crippen LogP contribution in [-0.2, 0) is 11.2 Å². The lowest BCUT2D eigenvalue weighted by Gasteiger charge is -2.36. The van der Waals surface area contributed by atoms with Crippen LogP contribution < -0.4 is 0 Å². The van der Waals surface area contributed by atoms with Gasteiger partial charge in [0, 0.05) is 6.54 Å². The normalized spacial score (nSPS) is 20.2. The molecule has 0 N–H and O–H groups in total. The molecule has 156 valence electrons. The van der Waals surface area contributed by atoms with Crippen LogP contribution in [-0.4, -0.2) is 41.1 Å². The van der Waals surface area contributed by atoms with E-state index >= 15 is 0 Å². The van der Waals surface area contributed by atoms with E-state index in [0.29, 0.717) is 17.7 Å². The lowest BCUT2D eigenvalue weighted by Crippen LogP contribution is -2.43. The van der Waals surface area contributed by atoms with Crippen LogP contribution in [0, 0.1) is 0 Å². The molecule has 1 atom stereocenters. The SMILES string of the molecule is C1CCCCC1.O=CN1CCc2ccccc2[C@@H]1CN1C(=O)c2ccccc2C1=O. The summed E-state index contributed by atoms with van der Waals surface area (Å²) >= 11 is 0. The van der Waals surface area contributed by atoms with Crippen LogP contribution in [0.5, 0.6) is 0 Å². The monoisotopic (exact) mass is 404 g/mol. The third-order valence-corrected chi connectivity index (χ3v) is 6.32. The molecule has 1 aliphatic carbocycles. The first-order valence-electron chi connectivity index (χ1n) is 10.9. The molecule has 0 bridgehead atoms. The molecular formula is C25H28N2O3. The highest BCUT2D eigenvalue weighted by molar-refractivity contribution is 6.21. The van der Waals surface area contributed by atoms with Gasteiger partial charge in [-0.3, -0.25) is 19.3 Å². The molecule has 2 heterocycles. The number of nitrogens with zero attached hydrogens (tertiary/aromatic N) is 2. The zero-order chi connectivity index (χ0) is 20.9. The first kappa shape index (κ1) is 20.3. The van der Waals surface area contributed by atoms with Crippen LogP contribution in [0.4, 0.5) is 0 Å². The summed E-state index contributed by atoms with van der Waals surface area (Å²) in [4.78, 5) is 39.6. The number of fused-ring (bicyclic) bond motifs is 2. The highest BCUT2D eigenvalue weighted by Crippen LogP contribution is 2.32. The van der Waals surface area contributed by atoms with Gasteiger partial charge in [-0.2, -0.15) is 0 Å². The van der Waals surface area contributed by atoms with Gasteiger partial charge in [-0.15, -0.1) is 0 Å². The Morgan fingerprint density at radius 2 is 1.33 bits per heavy atom. The van der Waals surface area contributed by atoms with E-state index in [9.17, 15) is 14.4 Å². The molecule has 1 fully saturated rings. The average Bonchev–Trinajstić information content (AvgIpc) is 3.06. The first-order valence-corrected chi connectivity index (χ1v) is 10.9. The molecular weight excluding hydrogens is 376 g/mol. The summed E-state index contributed by atoms with van der Waals surface area (Å²) in [5.74, 6) is -0.575. The lowest BCUT2D eigenvalue weighted by molar-refractivity contribution is -0.121. The van der Waals surface area contributed by atoms with Crippen LogP contribution in [0.3, 0.4) is 0 Å². The second kappa shape index (κ2) is 9.24. The summed E-state index contributed by atoms with van der Waals surface area (Å²) in [5.41, 5.74) is 3.04. The quantitative estimate of drug-likeness (QED) is 0.563. The molecule has 0 spiro atoms. The van der Waals surface area contributed by atoms with Gasteiger partial charge in [0.2, 0.25) is 6.41 Å². The number of carbonyl (C=O) groups is 3. The Labute approximate surface area is 177 Å². The summed E-state index contributed by atoms with van der Waals surface area (Å²) in [6, 6.07) is 14.4. The largest absolute Gasteiger partial charge is 0.336 e. The second-order valence-electron chi connectivity index (χ2n) is 8.20. The molecule has 1 saturated carbocycles. The number of carbonyl (C=O) groups excluding carboxylic acids is 3. The smallest absolute Gasteiger partial charge is 0.261 e. The van der Waals surface area contributed by atoms with Crippen LogP contribution in [0.15, 0.2) is 48.5 Å². The lowest BCUT2D eigenvalue weighted by atomic mass is 9.92. The van der Waals surface area contributed by atoms with Gasteiger partial charge in [-0.1, -0.05) is 74.9 Å². The highest BCUT2D eigenvalue weighted by Gasteiger charge is 2.38.